The summed E-state index contributed by atoms with van der Waals surface area (Å²) in [6.07, 6.45) is 5.33. The molecular formula is C24H27N5O2. The number of aromatic nitrogens is 2. The second-order valence-corrected chi connectivity index (χ2v) is 7.44. The molecule has 160 valence electrons. The lowest BCUT2D eigenvalue weighted by Crippen LogP contribution is -2.22. The van der Waals surface area contributed by atoms with Gasteiger partial charge in [-0.1, -0.05) is 49.7 Å². The summed E-state index contributed by atoms with van der Waals surface area (Å²) in [7, 11) is 0. The highest BCUT2D eigenvalue weighted by Crippen LogP contribution is 2.13. The number of amides is 2. The van der Waals surface area contributed by atoms with Crippen molar-refractivity contribution in [2.45, 2.75) is 39.2 Å². The van der Waals surface area contributed by atoms with E-state index in [-0.39, 0.29) is 17.4 Å². The third kappa shape index (κ3) is 6.12. The molecule has 0 atom stereocenters. The number of carbonyl (C=O) groups is 2. The van der Waals surface area contributed by atoms with Gasteiger partial charge in [-0.15, -0.1) is 0 Å². The fourth-order valence-electron chi connectivity index (χ4n) is 3.22. The molecule has 2 amide bonds. The lowest BCUT2D eigenvalue weighted by Gasteiger charge is -2.09. The predicted octanol–water partition coefficient (Wildman–Crippen LogP) is 3.02. The third-order valence-electron chi connectivity index (χ3n) is 4.95. The number of nitrogens with one attached hydrogen (secondary N) is 1. The first-order chi connectivity index (χ1) is 15.0. The van der Waals surface area contributed by atoms with Crippen molar-refractivity contribution in [3.63, 3.8) is 0 Å². The van der Waals surface area contributed by atoms with Gasteiger partial charge in [-0.2, -0.15) is 0 Å². The topological polar surface area (TPSA) is 124 Å². The van der Waals surface area contributed by atoms with E-state index in [1.807, 2.05) is 12.1 Å². The molecule has 0 radical (unpaired) electrons. The van der Waals surface area contributed by atoms with Crippen molar-refractivity contribution >= 4 is 17.6 Å². The predicted molar refractivity (Wildman–Crippen MR) is 120 cm³/mol. The summed E-state index contributed by atoms with van der Waals surface area (Å²) in [4.78, 5) is 32.2. The molecule has 1 aromatic heterocycles. The standard InChI is InChI=1S/C24H27N5O2/c1-2-3-5-16-8-10-17(11-9-16)14-28-24(31)19-7-4-6-18(12-19)13-20-15-27-22(25)21(29-20)23(26)30/h4,6-12,15H,2-3,5,13-14H2,1H3,(H2,25,27)(H2,26,30)(H,28,31). The number of nitrogens with zero attached hydrogens (tertiary/aromatic N) is 2. The van der Waals surface area contributed by atoms with Gasteiger partial charge in [0, 0.05) is 18.5 Å². The molecule has 3 rings (SSSR count). The quantitative estimate of drug-likeness (QED) is 0.494. The number of nitrogen functional groups attached to an aromatic ring is 1. The SMILES string of the molecule is CCCCc1ccc(CNC(=O)c2cccc(Cc3cnc(N)c(C(N)=O)n3)c2)cc1. The first-order valence-electron chi connectivity index (χ1n) is 10.3. The normalized spacial score (nSPS) is 10.6. The number of anilines is 1. The molecule has 0 spiro atoms. The molecule has 7 nitrogen and oxygen atoms in total. The van der Waals surface area contributed by atoms with Crippen LogP contribution in [-0.4, -0.2) is 21.8 Å². The molecule has 31 heavy (non-hydrogen) atoms. The van der Waals surface area contributed by atoms with Crippen LogP contribution in [0.25, 0.3) is 0 Å². The molecule has 1 heterocycles. The Labute approximate surface area is 181 Å². The summed E-state index contributed by atoms with van der Waals surface area (Å²) in [5.74, 6) is -0.876. The monoisotopic (exact) mass is 417 g/mol. The summed E-state index contributed by atoms with van der Waals surface area (Å²) >= 11 is 0. The number of primary amides is 1. The Morgan fingerprint density at radius 1 is 1.03 bits per heavy atom. The van der Waals surface area contributed by atoms with Gasteiger partial charge in [0.15, 0.2) is 11.5 Å². The highest BCUT2D eigenvalue weighted by molar-refractivity contribution is 5.95. The van der Waals surface area contributed by atoms with Crippen molar-refractivity contribution in [3.05, 3.63) is 88.4 Å². The van der Waals surface area contributed by atoms with Crippen LogP contribution in [0.2, 0.25) is 0 Å². The average molecular weight is 418 g/mol. The zero-order chi connectivity index (χ0) is 22.2. The van der Waals surface area contributed by atoms with E-state index in [9.17, 15) is 9.59 Å². The second kappa shape index (κ2) is 10.3. The van der Waals surface area contributed by atoms with Crippen LogP contribution < -0.4 is 16.8 Å². The molecule has 0 saturated heterocycles. The van der Waals surface area contributed by atoms with Crippen molar-refractivity contribution in [2.24, 2.45) is 5.73 Å². The number of carbonyl (C=O) groups excluding carboxylic acids is 2. The Kier molecular flexibility index (Phi) is 7.32. The zero-order valence-corrected chi connectivity index (χ0v) is 17.6. The lowest BCUT2D eigenvalue weighted by molar-refractivity contribution is 0.0949. The number of benzene rings is 2. The maximum atomic E-state index is 12.6. The van der Waals surface area contributed by atoms with Crippen LogP contribution in [0.5, 0.6) is 0 Å². The van der Waals surface area contributed by atoms with Gasteiger partial charge in [0.2, 0.25) is 0 Å². The molecule has 0 aliphatic carbocycles. The largest absolute Gasteiger partial charge is 0.382 e. The van der Waals surface area contributed by atoms with Crippen LogP contribution in [0, 0.1) is 0 Å². The molecular weight excluding hydrogens is 390 g/mol. The first kappa shape index (κ1) is 22.0. The number of aryl methyl sites for hydroxylation is 1. The minimum atomic E-state index is -0.724. The Morgan fingerprint density at radius 2 is 1.77 bits per heavy atom. The Balaban J connectivity index is 1.62. The van der Waals surface area contributed by atoms with Crippen molar-refractivity contribution in [2.75, 3.05) is 5.73 Å². The number of rotatable bonds is 9. The average Bonchev–Trinajstić information content (AvgIpc) is 2.78. The van der Waals surface area contributed by atoms with E-state index < -0.39 is 5.91 Å². The highest BCUT2D eigenvalue weighted by Gasteiger charge is 2.12. The molecule has 2 aromatic carbocycles. The Morgan fingerprint density at radius 3 is 2.48 bits per heavy atom. The molecule has 3 aromatic rings. The fraction of sp³-hybridized carbons (Fsp3) is 0.250. The summed E-state index contributed by atoms with van der Waals surface area (Å²) < 4.78 is 0. The van der Waals surface area contributed by atoms with Gasteiger partial charge in [0.1, 0.15) is 0 Å². The minimum absolute atomic E-state index is 0.00257. The van der Waals surface area contributed by atoms with E-state index in [4.69, 9.17) is 11.5 Å². The molecule has 5 N–H and O–H groups in total. The fourth-order valence-corrected chi connectivity index (χ4v) is 3.22. The molecule has 0 aliphatic rings. The summed E-state index contributed by atoms with van der Waals surface area (Å²) in [5.41, 5.74) is 15.2. The van der Waals surface area contributed by atoms with Crippen molar-refractivity contribution in [1.82, 2.24) is 15.3 Å². The molecule has 0 unspecified atom stereocenters. The van der Waals surface area contributed by atoms with Crippen molar-refractivity contribution in [1.29, 1.82) is 0 Å². The van der Waals surface area contributed by atoms with Gasteiger partial charge in [0.25, 0.3) is 11.8 Å². The third-order valence-corrected chi connectivity index (χ3v) is 4.95. The summed E-state index contributed by atoms with van der Waals surface area (Å²) in [5, 5.41) is 2.96. The zero-order valence-electron chi connectivity index (χ0n) is 17.6. The second-order valence-electron chi connectivity index (χ2n) is 7.44. The number of hydrogen-bond acceptors (Lipinski definition) is 5. The van der Waals surface area contributed by atoms with Crippen molar-refractivity contribution in [3.8, 4) is 0 Å². The van der Waals surface area contributed by atoms with E-state index in [2.05, 4.69) is 46.5 Å². The maximum absolute atomic E-state index is 12.6. The molecule has 0 fully saturated rings. The van der Waals surface area contributed by atoms with Gasteiger partial charge in [0.05, 0.1) is 11.9 Å². The van der Waals surface area contributed by atoms with E-state index >= 15 is 0 Å². The van der Waals surface area contributed by atoms with Gasteiger partial charge in [-0.3, -0.25) is 9.59 Å². The van der Waals surface area contributed by atoms with Crippen LogP contribution in [0.3, 0.4) is 0 Å². The molecule has 0 aliphatic heterocycles. The van der Waals surface area contributed by atoms with Crippen LogP contribution >= 0.6 is 0 Å². The van der Waals surface area contributed by atoms with Crippen LogP contribution in [0.4, 0.5) is 5.82 Å². The van der Waals surface area contributed by atoms with E-state index in [0.29, 0.717) is 24.2 Å². The maximum Gasteiger partial charge on any atom is 0.271 e. The smallest absolute Gasteiger partial charge is 0.271 e. The van der Waals surface area contributed by atoms with Crippen LogP contribution in [-0.2, 0) is 19.4 Å². The minimum Gasteiger partial charge on any atom is -0.382 e. The summed E-state index contributed by atoms with van der Waals surface area (Å²) in [6.45, 7) is 2.64. The van der Waals surface area contributed by atoms with E-state index in [1.54, 1.807) is 12.1 Å². The first-order valence-corrected chi connectivity index (χ1v) is 10.3. The molecule has 7 heteroatoms. The van der Waals surface area contributed by atoms with E-state index in [0.717, 1.165) is 17.5 Å². The number of nitrogens with two attached hydrogens (primary N) is 2. The Bertz CT molecular complexity index is 1060. The van der Waals surface area contributed by atoms with Gasteiger partial charge in [-0.05, 0) is 41.7 Å². The summed E-state index contributed by atoms with van der Waals surface area (Å²) in [6, 6.07) is 15.6. The number of hydrogen-bond donors (Lipinski definition) is 3. The highest BCUT2D eigenvalue weighted by atomic mass is 16.2. The van der Waals surface area contributed by atoms with E-state index in [1.165, 1.54) is 24.6 Å². The van der Waals surface area contributed by atoms with Gasteiger partial charge >= 0.3 is 0 Å². The van der Waals surface area contributed by atoms with Gasteiger partial charge < -0.3 is 16.8 Å². The Hall–Kier alpha value is -3.74. The van der Waals surface area contributed by atoms with Gasteiger partial charge in [-0.25, -0.2) is 9.97 Å². The lowest BCUT2D eigenvalue weighted by atomic mass is 10.1. The van der Waals surface area contributed by atoms with Crippen molar-refractivity contribution < 1.29 is 9.59 Å². The van der Waals surface area contributed by atoms with Crippen LogP contribution in [0.15, 0.2) is 54.7 Å². The van der Waals surface area contributed by atoms with Crippen LogP contribution in [0.1, 0.15) is 63.0 Å². The molecule has 0 bridgehead atoms. The molecule has 0 saturated carbocycles. The number of unbranched alkanes of at least 4 members (excludes halogenated alkanes) is 1.